The van der Waals surface area contributed by atoms with Crippen LogP contribution in [0, 0.1) is 5.92 Å². The van der Waals surface area contributed by atoms with Gasteiger partial charge in [-0.15, -0.1) is 0 Å². The molecule has 1 aromatic carbocycles. The van der Waals surface area contributed by atoms with E-state index < -0.39 is 11.9 Å². The zero-order chi connectivity index (χ0) is 13.5. The van der Waals surface area contributed by atoms with Crippen LogP contribution in [0.2, 0.25) is 0 Å². The number of esters is 1. The van der Waals surface area contributed by atoms with Gasteiger partial charge in [0.05, 0.1) is 17.7 Å². The van der Waals surface area contributed by atoms with Gasteiger partial charge < -0.3 is 9.84 Å². The van der Waals surface area contributed by atoms with E-state index in [1.165, 1.54) is 12.1 Å². The molecule has 0 fully saturated rings. The van der Waals surface area contributed by atoms with Gasteiger partial charge in [0.15, 0.2) is 0 Å². The Hall–Kier alpha value is -1.84. The number of hydrogen-bond acceptors (Lipinski definition) is 3. The molecule has 98 valence electrons. The summed E-state index contributed by atoms with van der Waals surface area (Å²) in [4.78, 5) is 22.7. The van der Waals surface area contributed by atoms with Crippen LogP contribution in [0.25, 0.3) is 0 Å². The van der Waals surface area contributed by atoms with E-state index in [0.29, 0.717) is 12.5 Å². The smallest absolute Gasteiger partial charge is 0.339 e. The molecule has 0 bridgehead atoms. The molecule has 0 saturated heterocycles. The first-order chi connectivity index (χ1) is 8.56. The Morgan fingerprint density at radius 2 is 1.89 bits per heavy atom. The fraction of sp³-hybridized carbons (Fsp3) is 0.429. The van der Waals surface area contributed by atoms with E-state index in [1.807, 2.05) is 0 Å². The first kappa shape index (κ1) is 14.2. The van der Waals surface area contributed by atoms with Crippen LogP contribution in [0.3, 0.4) is 0 Å². The van der Waals surface area contributed by atoms with Crippen LogP contribution in [0.1, 0.15) is 47.4 Å². The molecule has 1 aromatic rings. The zero-order valence-electron chi connectivity index (χ0n) is 10.7. The molecule has 0 aromatic heterocycles. The minimum Gasteiger partial charge on any atom is -0.478 e. The normalized spacial score (nSPS) is 11.9. The second-order valence-corrected chi connectivity index (χ2v) is 4.29. The van der Waals surface area contributed by atoms with Crippen molar-refractivity contribution in [2.45, 2.75) is 26.7 Å². The first-order valence-corrected chi connectivity index (χ1v) is 6.05. The van der Waals surface area contributed by atoms with Crippen LogP contribution in [0.15, 0.2) is 24.3 Å². The van der Waals surface area contributed by atoms with E-state index in [9.17, 15) is 9.59 Å². The molecule has 18 heavy (non-hydrogen) atoms. The number of ether oxygens (including phenoxy) is 1. The highest BCUT2D eigenvalue weighted by Crippen LogP contribution is 2.12. The highest BCUT2D eigenvalue weighted by Gasteiger charge is 2.16. The van der Waals surface area contributed by atoms with Gasteiger partial charge in [0.2, 0.25) is 0 Å². The number of carbonyl (C=O) groups is 2. The van der Waals surface area contributed by atoms with Crippen LogP contribution in [-0.2, 0) is 4.74 Å². The third-order valence-electron chi connectivity index (χ3n) is 2.92. The van der Waals surface area contributed by atoms with Gasteiger partial charge in [-0.2, -0.15) is 0 Å². The number of rotatable bonds is 6. The molecule has 1 rings (SSSR count). The Morgan fingerprint density at radius 1 is 1.28 bits per heavy atom. The van der Waals surface area contributed by atoms with Crippen molar-refractivity contribution in [3.05, 3.63) is 35.4 Å². The van der Waals surface area contributed by atoms with Crippen LogP contribution in [-0.4, -0.2) is 23.7 Å². The fourth-order valence-corrected chi connectivity index (χ4v) is 1.48. The van der Waals surface area contributed by atoms with E-state index in [-0.39, 0.29) is 11.1 Å². The van der Waals surface area contributed by atoms with E-state index in [0.717, 1.165) is 12.8 Å². The minimum atomic E-state index is -1.12. The van der Waals surface area contributed by atoms with Crippen molar-refractivity contribution < 1.29 is 19.4 Å². The van der Waals surface area contributed by atoms with E-state index in [4.69, 9.17) is 9.84 Å². The molecule has 0 aliphatic rings. The maximum atomic E-state index is 11.8. The SMILES string of the molecule is CCC(C)CCOC(=O)c1ccccc1C(=O)O. The van der Waals surface area contributed by atoms with E-state index in [1.54, 1.807) is 12.1 Å². The number of carboxylic acids is 1. The van der Waals surface area contributed by atoms with Gasteiger partial charge in [0.25, 0.3) is 0 Å². The molecule has 0 amide bonds. The zero-order valence-corrected chi connectivity index (χ0v) is 10.7. The predicted molar refractivity (Wildman–Crippen MR) is 67.8 cm³/mol. The number of carbonyl (C=O) groups excluding carboxylic acids is 1. The summed E-state index contributed by atoms with van der Waals surface area (Å²) in [6.07, 6.45) is 1.82. The maximum absolute atomic E-state index is 11.8. The first-order valence-electron chi connectivity index (χ1n) is 6.05. The third-order valence-corrected chi connectivity index (χ3v) is 2.92. The van der Waals surface area contributed by atoms with Crippen molar-refractivity contribution in [1.29, 1.82) is 0 Å². The second-order valence-electron chi connectivity index (χ2n) is 4.29. The molecule has 4 nitrogen and oxygen atoms in total. The Balaban J connectivity index is 2.64. The summed E-state index contributed by atoms with van der Waals surface area (Å²) in [5.74, 6) is -1.20. The molecule has 1 unspecified atom stereocenters. The molecule has 1 atom stereocenters. The summed E-state index contributed by atoms with van der Waals surface area (Å²) in [6, 6.07) is 6.07. The number of hydrogen-bond donors (Lipinski definition) is 1. The molecule has 1 N–H and O–H groups in total. The average molecular weight is 250 g/mol. The average Bonchev–Trinajstić information content (AvgIpc) is 2.38. The van der Waals surface area contributed by atoms with Gasteiger partial charge in [-0.1, -0.05) is 32.4 Å². The number of aromatic carboxylic acids is 1. The van der Waals surface area contributed by atoms with Crippen molar-refractivity contribution in [1.82, 2.24) is 0 Å². The van der Waals surface area contributed by atoms with Gasteiger partial charge in [0.1, 0.15) is 0 Å². The van der Waals surface area contributed by atoms with Gasteiger partial charge in [-0.05, 0) is 24.5 Å². The summed E-state index contributed by atoms with van der Waals surface area (Å²) in [5, 5.41) is 8.96. The van der Waals surface area contributed by atoms with Crippen LogP contribution >= 0.6 is 0 Å². The summed E-state index contributed by atoms with van der Waals surface area (Å²) in [7, 11) is 0. The standard InChI is InChI=1S/C14H18O4/c1-3-10(2)8-9-18-14(17)12-7-5-4-6-11(12)13(15)16/h4-7,10H,3,8-9H2,1-2H3,(H,15,16). The molecule has 0 saturated carbocycles. The summed E-state index contributed by atoms with van der Waals surface area (Å²) >= 11 is 0. The lowest BCUT2D eigenvalue weighted by atomic mass is 10.1. The molecular weight excluding hydrogens is 232 g/mol. The molecule has 0 spiro atoms. The van der Waals surface area contributed by atoms with Gasteiger partial charge in [-0.25, -0.2) is 9.59 Å². The molecule has 0 radical (unpaired) electrons. The Kier molecular flexibility index (Phi) is 5.36. The lowest BCUT2D eigenvalue weighted by Crippen LogP contribution is -2.13. The number of benzene rings is 1. The van der Waals surface area contributed by atoms with Crippen molar-refractivity contribution in [3.8, 4) is 0 Å². The van der Waals surface area contributed by atoms with Gasteiger partial charge in [-0.3, -0.25) is 0 Å². The van der Waals surface area contributed by atoms with Crippen molar-refractivity contribution in [2.24, 2.45) is 5.92 Å². The molecule has 0 aliphatic heterocycles. The Labute approximate surface area is 107 Å². The molecule has 0 heterocycles. The van der Waals surface area contributed by atoms with Crippen molar-refractivity contribution in [2.75, 3.05) is 6.61 Å². The van der Waals surface area contributed by atoms with Crippen LogP contribution < -0.4 is 0 Å². The highest BCUT2D eigenvalue weighted by molar-refractivity contribution is 6.02. The maximum Gasteiger partial charge on any atom is 0.339 e. The molecular formula is C14H18O4. The largest absolute Gasteiger partial charge is 0.478 e. The monoisotopic (exact) mass is 250 g/mol. The van der Waals surface area contributed by atoms with Gasteiger partial charge >= 0.3 is 11.9 Å². The topological polar surface area (TPSA) is 63.6 Å². The quantitative estimate of drug-likeness (QED) is 0.788. The highest BCUT2D eigenvalue weighted by atomic mass is 16.5. The summed E-state index contributed by atoms with van der Waals surface area (Å²) in [5.41, 5.74) is 0.0835. The lowest BCUT2D eigenvalue weighted by molar-refractivity contribution is 0.0475. The summed E-state index contributed by atoms with van der Waals surface area (Å²) < 4.78 is 5.09. The molecule has 4 heteroatoms. The summed E-state index contributed by atoms with van der Waals surface area (Å²) in [6.45, 7) is 4.48. The third kappa shape index (κ3) is 3.87. The lowest BCUT2D eigenvalue weighted by Gasteiger charge is -2.10. The molecule has 0 aliphatic carbocycles. The predicted octanol–water partition coefficient (Wildman–Crippen LogP) is 2.98. The Bertz CT molecular complexity index is 426. The van der Waals surface area contributed by atoms with E-state index >= 15 is 0 Å². The van der Waals surface area contributed by atoms with Crippen LogP contribution in [0.4, 0.5) is 0 Å². The van der Waals surface area contributed by atoms with Crippen molar-refractivity contribution in [3.63, 3.8) is 0 Å². The number of carboxylic acid groups (broad SMARTS) is 1. The fourth-order valence-electron chi connectivity index (χ4n) is 1.48. The Morgan fingerprint density at radius 3 is 2.44 bits per heavy atom. The van der Waals surface area contributed by atoms with Gasteiger partial charge in [0, 0.05) is 0 Å². The van der Waals surface area contributed by atoms with Crippen LogP contribution in [0.5, 0.6) is 0 Å². The van der Waals surface area contributed by atoms with Crippen molar-refractivity contribution >= 4 is 11.9 Å². The van der Waals surface area contributed by atoms with E-state index in [2.05, 4.69) is 13.8 Å². The second kappa shape index (κ2) is 6.79. The minimum absolute atomic E-state index is 0.0222.